The van der Waals surface area contributed by atoms with Gasteiger partial charge in [-0.3, -0.25) is 14.4 Å². The molecule has 0 aliphatic carbocycles. The number of Topliss-reactive ketones (excluding diaryl/α,β-unsaturated/α-hetero) is 1. The van der Waals surface area contributed by atoms with Gasteiger partial charge in [-0.05, 0) is 30.0 Å². The van der Waals surface area contributed by atoms with Gasteiger partial charge < -0.3 is 10.2 Å². The molecule has 0 saturated carbocycles. The Hall–Kier alpha value is -2.70. The van der Waals surface area contributed by atoms with Crippen molar-refractivity contribution in [2.75, 3.05) is 6.54 Å². The summed E-state index contributed by atoms with van der Waals surface area (Å²) >= 11 is 0. The van der Waals surface area contributed by atoms with Crippen LogP contribution in [0.25, 0.3) is 10.4 Å². The Kier molecular flexibility index (Phi) is 4.10. The van der Waals surface area contributed by atoms with E-state index in [1.165, 1.54) is 0 Å². The van der Waals surface area contributed by atoms with Crippen molar-refractivity contribution in [3.8, 4) is 0 Å². The highest BCUT2D eigenvalue weighted by atomic mass is 16.2. The van der Waals surface area contributed by atoms with Gasteiger partial charge in [-0.25, -0.2) is 0 Å². The summed E-state index contributed by atoms with van der Waals surface area (Å²) in [5, 5.41) is 6.67. The number of ketones is 1. The zero-order valence-electron chi connectivity index (χ0n) is 12.3. The van der Waals surface area contributed by atoms with E-state index in [4.69, 9.17) is 5.53 Å². The minimum atomic E-state index is -0.456. The largest absolute Gasteiger partial charge is 0.330 e. The highest BCUT2D eigenvalue weighted by Crippen LogP contribution is 2.33. The number of rotatable bonds is 4. The lowest BCUT2D eigenvalue weighted by Gasteiger charge is -2.34. The van der Waals surface area contributed by atoms with Crippen molar-refractivity contribution in [1.82, 2.24) is 10.2 Å². The third-order valence-electron chi connectivity index (χ3n) is 4.41. The Morgan fingerprint density at radius 3 is 2.91 bits per heavy atom. The molecule has 0 aromatic heterocycles. The number of amides is 1. The summed E-state index contributed by atoms with van der Waals surface area (Å²) in [5.41, 5.74) is 10.4. The van der Waals surface area contributed by atoms with Crippen molar-refractivity contribution in [1.29, 1.82) is 0 Å². The van der Waals surface area contributed by atoms with Crippen LogP contribution in [0.15, 0.2) is 23.3 Å². The molecule has 2 aliphatic heterocycles. The number of nitrogens with one attached hydrogen (secondary N) is 1. The molecule has 1 aromatic rings. The molecule has 2 atom stereocenters. The van der Waals surface area contributed by atoms with Gasteiger partial charge in [0.1, 0.15) is 0 Å². The highest BCUT2D eigenvalue weighted by Gasteiger charge is 2.36. The van der Waals surface area contributed by atoms with Crippen molar-refractivity contribution in [3.63, 3.8) is 0 Å². The second-order valence-electron chi connectivity index (χ2n) is 5.64. The maximum absolute atomic E-state index is 12.6. The first kappa shape index (κ1) is 15.2. The molecule has 8 nitrogen and oxygen atoms in total. The molecule has 0 radical (unpaired) electrons. The SMILES string of the molecule is [N-]=[N+]=Nc1cccc2c1CN(C1CCC(C(=O)C=O)NC1)C2=O. The molecule has 1 N–H and O–H groups in total. The van der Waals surface area contributed by atoms with E-state index in [2.05, 4.69) is 15.3 Å². The normalized spacial score (nSPS) is 23.1. The van der Waals surface area contributed by atoms with E-state index in [-0.39, 0.29) is 11.9 Å². The summed E-state index contributed by atoms with van der Waals surface area (Å²) in [5.74, 6) is -0.549. The van der Waals surface area contributed by atoms with Crippen LogP contribution in [0.2, 0.25) is 0 Å². The van der Waals surface area contributed by atoms with E-state index in [1.807, 2.05) is 0 Å². The monoisotopic (exact) mass is 313 g/mol. The molecular weight excluding hydrogens is 298 g/mol. The van der Waals surface area contributed by atoms with Crippen LogP contribution in [0.1, 0.15) is 28.8 Å². The number of hydrogen-bond acceptors (Lipinski definition) is 5. The minimum Gasteiger partial charge on any atom is -0.330 e. The molecule has 118 valence electrons. The summed E-state index contributed by atoms with van der Waals surface area (Å²) in [6, 6.07) is 4.60. The van der Waals surface area contributed by atoms with Crippen LogP contribution in [-0.4, -0.2) is 41.5 Å². The average molecular weight is 313 g/mol. The minimum absolute atomic E-state index is 0.0514. The third-order valence-corrected chi connectivity index (χ3v) is 4.41. The van der Waals surface area contributed by atoms with Gasteiger partial charge in [-0.1, -0.05) is 17.2 Å². The molecule has 1 aromatic carbocycles. The fourth-order valence-electron chi connectivity index (χ4n) is 3.21. The zero-order chi connectivity index (χ0) is 16.4. The highest BCUT2D eigenvalue weighted by molar-refractivity contribution is 6.27. The predicted octanol–water partition coefficient (Wildman–Crippen LogP) is 1.47. The van der Waals surface area contributed by atoms with Crippen LogP contribution in [-0.2, 0) is 16.1 Å². The van der Waals surface area contributed by atoms with E-state index in [0.29, 0.717) is 43.5 Å². The second kappa shape index (κ2) is 6.20. The van der Waals surface area contributed by atoms with Gasteiger partial charge in [0.2, 0.25) is 5.78 Å². The Morgan fingerprint density at radius 1 is 1.43 bits per heavy atom. The van der Waals surface area contributed by atoms with Crippen LogP contribution in [0.3, 0.4) is 0 Å². The summed E-state index contributed by atoms with van der Waals surface area (Å²) in [6.45, 7) is 0.850. The Morgan fingerprint density at radius 2 is 2.26 bits per heavy atom. The standard InChI is InChI=1S/C15H15N5O3/c16-19-18-12-3-1-2-10-11(12)7-20(15(10)23)9-4-5-13(17-6-9)14(22)8-21/h1-3,8-9,13,17H,4-7H2. The lowest BCUT2D eigenvalue weighted by atomic mass is 9.97. The van der Waals surface area contributed by atoms with Crippen molar-refractivity contribution in [2.45, 2.75) is 31.5 Å². The van der Waals surface area contributed by atoms with Crippen LogP contribution in [0.4, 0.5) is 5.69 Å². The van der Waals surface area contributed by atoms with Gasteiger partial charge in [0.15, 0.2) is 6.29 Å². The van der Waals surface area contributed by atoms with E-state index in [0.717, 1.165) is 5.56 Å². The van der Waals surface area contributed by atoms with Gasteiger partial charge in [0, 0.05) is 35.3 Å². The Labute approximate surface area is 132 Å². The lowest BCUT2D eigenvalue weighted by molar-refractivity contribution is -0.131. The van der Waals surface area contributed by atoms with Gasteiger partial charge in [0.25, 0.3) is 5.91 Å². The number of piperidine rings is 1. The summed E-state index contributed by atoms with van der Waals surface area (Å²) in [6.07, 6.45) is 1.50. The number of carbonyl (C=O) groups excluding carboxylic acids is 3. The van der Waals surface area contributed by atoms with Gasteiger partial charge in [0.05, 0.1) is 6.04 Å². The van der Waals surface area contributed by atoms with Crippen molar-refractivity contribution in [2.24, 2.45) is 5.11 Å². The average Bonchev–Trinajstić information content (AvgIpc) is 2.93. The smallest absolute Gasteiger partial charge is 0.254 e. The molecule has 3 rings (SSSR count). The lowest BCUT2D eigenvalue weighted by Crippen LogP contribution is -2.52. The number of azide groups is 1. The molecule has 2 heterocycles. The molecule has 1 fully saturated rings. The Balaban J connectivity index is 1.76. The molecule has 23 heavy (non-hydrogen) atoms. The number of fused-ring (bicyclic) bond motifs is 1. The first-order valence-electron chi connectivity index (χ1n) is 7.36. The number of benzene rings is 1. The van der Waals surface area contributed by atoms with E-state index in [9.17, 15) is 14.4 Å². The molecule has 0 bridgehead atoms. The number of hydrogen-bond donors (Lipinski definition) is 1. The maximum Gasteiger partial charge on any atom is 0.254 e. The molecule has 8 heteroatoms. The van der Waals surface area contributed by atoms with Crippen LogP contribution in [0.5, 0.6) is 0 Å². The maximum atomic E-state index is 12.6. The van der Waals surface area contributed by atoms with Gasteiger partial charge in [-0.2, -0.15) is 0 Å². The molecule has 1 saturated heterocycles. The molecule has 2 unspecified atom stereocenters. The summed E-state index contributed by atoms with van der Waals surface area (Å²) < 4.78 is 0. The number of nitrogens with zero attached hydrogens (tertiary/aromatic N) is 4. The topological polar surface area (TPSA) is 115 Å². The van der Waals surface area contributed by atoms with Crippen LogP contribution < -0.4 is 5.32 Å². The fraction of sp³-hybridized carbons (Fsp3) is 0.400. The van der Waals surface area contributed by atoms with E-state index >= 15 is 0 Å². The van der Waals surface area contributed by atoms with Crippen LogP contribution >= 0.6 is 0 Å². The summed E-state index contributed by atoms with van der Waals surface area (Å²) in [7, 11) is 0. The third kappa shape index (κ3) is 2.69. The molecular formula is C15H15N5O3. The second-order valence-corrected chi connectivity index (χ2v) is 5.64. The van der Waals surface area contributed by atoms with E-state index < -0.39 is 11.8 Å². The summed E-state index contributed by atoms with van der Waals surface area (Å²) in [4.78, 5) is 39.0. The number of aldehydes is 1. The van der Waals surface area contributed by atoms with Gasteiger partial charge >= 0.3 is 0 Å². The first-order chi connectivity index (χ1) is 11.2. The molecule has 1 amide bonds. The van der Waals surface area contributed by atoms with Gasteiger partial charge in [-0.15, -0.1) is 0 Å². The van der Waals surface area contributed by atoms with Crippen molar-refractivity contribution >= 4 is 23.7 Å². The van der Waals surface area contributed by atoms with Crippen LogP contribution in [0, 0.1) is 0 Å². The quantitative estimate of drug-likeness (QED) is 0.298. The van der Waals surface area contributed by atoms with Crippen molar-refractivity contribution < 1.29 is 14.4 Å². The Bertz CT molecular complexity index is 718. The van der Waals surface area contributed by atoms with E-state index in [1.54, 1.807) is 23.1 Å². The predicted molar refractivity (Wildman–Crippen MR) is 81.0 cm³/mol. The molecule has 0 spiro atoms. The molecule has 2 aliphatic rings. The fourth-order valence-corrected chi connectivity index (χ4v) is 3.21. The number of carbonyl (C=O) groups is 3. The zero-order valence-corrected chi connectivity index (χ0v) is 12.3. The van der Waals surface area contributed by atoms with Crippen molar-refractivity contribution in [3.05, 3.63) is 39.8 Å². The first-order valence-corrected chi connectivity index (χ1v) is 7.36.